The molecule has 3 rings (SSSR count). The van der Waals surface area contributed by atoms with Crippen molar-refractivity contribution in [1.29, 1.82) is 0 Å². The molecule has 2 aromatic carbocycles. The average molecular weight is 449 g/mol. The van der Waals surface area contributed by atoms with Crippen molar-refractivity contribution in [2.45, 2.75) is 42.4 Å². The lowest BCUT2D eigenvalue weighted by molar-refractivity contribution is 0.102. The molecule has 0 aliphatic carbocycles. The lowest BCUT2D eigenvalue weighted by Crippen LogP contribution is -2.32. The van der Waals surface area contributed by atoms with Crippen molar-refractivity contribution >= 4 is 33.4 Å². The van der Waals surface area contributed by atoms with Crippen LogP contribution in [-0.4, -0.2) is 45.1 Å². The molecule has 0 spiro atoms. The number of benzene rings is 2. The fraction of sp³-hybridized carbons (Fsp3) is 0.409. The van der Waals surface area contributed by atoms with Gasteiger partial charge in [0.05, 0.1) is 17.6 Å². The Hall–Kier alpha value is -2.03. The molecule has 0 radical (unpaired) electrons. The van der Waals surface area contributed by atoms with Crippen molar-refractivity contribution < 1.29 is 17.9 Å². The predicted octanol–water partition coefficient (Wildman–Crippen LogP) is 4.54. The highest BCUT2D eigenvalue weighted by atomic mass is 32.2. The highest BCUT2D eigenvalue weighted by Gasteiger charge is 2.27. The van der Waals surface area contributed by atoms with E-state index in [-0.39, 0.29) is 10.8 Å². The van der Waals surface area contributed by atoms with E-state index in [2.05, 4.69) is 5.32 Å². The number of nitrogens with one attached hydrogen (secondary N) is 1. The summed E-state index contributed by atoms with van der Waals surface area (Å²) in [7, 11) is -2.08. The largest absolute Gasteiger partial charge is 0.496 e. The Labute approximate surface area is 183 Å². The van der Waals surface area contributed by atoms with Crippen LogP contribution in [-0.2, 0) is 10.0 Å². The van der Waals surface area contributed by atoms with Gasteiger partial charge in [-0.05, 0) is 61.9 Å². The number of carbonyl (C=O) groups is 1. The molecule has 0 aromatic heterocycles. The Morgan fingerprint density at radius 1 is 1.07 bits per heavy atom. The Balaban J connectivity index is 1.87. The molecule has 6 nitrogen and oxygen atoms in total. The van der Waals surface area contributed by atoms with Crippen LogP contribution in [0, 0.1) is 6.92 Å². The Morgan fingerprint density at radius 2 is 1.77 bits per heavy atom. The van der Waals surface area contributed by atoms with Gasteiger partial charge in [-0.15, -0.1) is 11.8 Å². The molecule has 0 unspecified atom stereocenters. The van der Waals surface area contributed by atoms with Crippen molar-refractivity contribution in [1.82, 2.24) is 4.31 Å². The molecule has 0 saturated carbocycles. The topological polar surface area (TPSA) is 75.7 Å². The summed E-state index contributed by atoms with van der Waals surface area (Å²) in [5.41, 5.74) is 1.50. The minimum Gasteiger partial charge on any atom is -0.496 e. The highest BCUT2D eigenvalue weighted by Crippen LogP contribution is 2.28. The van der Waals surface area contributed by atoms with Gasteiger partial charge in [0.15, 0.2) is 0 Å². The number of ether oxygens (including phenoxy) is 1. The van der Waals surface area contributed by atoms with Crippen molar-refractivity contribution in [2.75, 3.05) is 31.8 Å². The van der Waals surface area contributed by atoms with E-state index in [1.807, 2.05) is 18.4 Å². The van der Waals surface area contributed by atoms with Gasteiger partial charge in [0, 0.05) is 23.7 Å². The van der Waals surface area contributed by atoms with Crippen molar-refractivity contribution in [2.24, 2.45) is 0 Å². The number of sulfonamides is 1. The van der Waals surface area contributed by atoms with Crippen molar-refractivity contribution in [3.8, 4) is 5.75 Å². The first-order chi connectivity index (χ1) is 14.4. The summed E-state index contributed by atoms with van der Waals surface area (Å²) in [5.74, 6) is 0.130. The molecule has 30 heavy (non-hydrogen) atoms. The highest BCUT2D eigenvalue weighted by molar-refractivity contribution is 7.98. The maximum Gasteiger partial charge on any atom is 0.259 e. The van der Waals surface area contributed by atoms with Gasteiger partial charge in [0.25, 0.3) is 5.91 Å². The van der Waals surface area contributed by atoms with Crippen LogP contribution in [0.25, 0.3) is 0 Å². The van der Waals surface area contributed by atoms with Gasteiger partial charge in [-0.2, -0.15) is 4.31 Å². The number of aryl methyl sites for hydroxylation is 1. The Bertz CT molecular complexity index is 1010. The summed E-state index contributed by atoms with van der Waals surface area (Å²) in [6.45, 7) is 2.86. The van der Waals surface area contributed by atoms with E-state index < -0.39 is 10.0 Å². The van der Waals surface area contributed by atoms with Crippen LogP contribution in [0.2, 0.25) is 0 Å². The van der Waals surface area contributed by atoms with Crippen LogP contribution in [0.3, 0.4) is 0 Å². The molecule has 1 saturated heterocycles. The summed E-state index contributed by atoms with van der Waals surface area (Å²) in [4.78, 5) is 14.1. The van der Waals surface area contributed by atoms with Gasteiger partial charge in [0.1, 0.15) is 5.75 Å². The number of hydrogen-bond donors (Lipinski definition) is 1. The molecule has 0 atom stereocenters. The van der Waals surface area contributed by atoms with E-state index in [0.717, 1.165) is 30.6 Å². The number of methoxy groups -OCH3 is 1. The third-order valence-corrected chi connectivity index (χ3v) is 8.05. The van der Waals surface area contributed by atoms with Gasteiger partial charge in [-0.3, -0.25) is 4.79 Å². The van der Waals surface area contributed by atoms with Gasteiger partial charge in [0.2, 0.25) is 10.0 Å². The third-order valence-electron chi connectivity index (χ3n) is 5.28. The van der Waals surface area contributed by atoms with Crippen molar-refractivity contribution in [3.63, 3.8) is 0 Å². The van der Waals surface area contributed by atoms with Crippen LogP contribution >= 0.6 is 11.8 Å². The van der Waals surface area contributed by atoms with E-state index in [4.69, 9.17) is 4.74 Å². The van der Waals surface area contributed by atoms with E-state index >= 15 is 0 Å². The van der Waals surface area contributed by atoms with E-state index in [1.54, 1.807) is 47.3 Å². The summed E-state index contributed by atoms with van der Waals surface area (Å²) in [6.07, 6.45) is 5.81. The minimum atomic E-state index is -3.61. The van der Waals surface area contributed by atoms with Crippen LogP contribution in [0.15, 0.2) is 46.2 Å². The Morgan fingerprint density at radius 3 is 2.40 bits per heavy atom. The molecule has 1 aliphatic heterocycles. The number of anilines is 1. The number of thioether (sulfide) groups is 1. The van der Waals surface area contributed by atoms with Crippen molar-refractivity contribution in [3.05, 3.63) is 47.5 Å². The summed E-state index contributed by atoms with van der Waals surface area (Å²) >= 11 is 1.56. The zero-order valence-electron chi connectivity index (χ0n) is 17.6. The number of rotatable bonds is 6. The fourth-order valence-electron chi connectivity index (χ4n) is 3.56. The number of nitrogens with zero attached hydrogens (tertiary/aromatic N) is 1. The second kappa shape index (κ2) is 9.85. The number of hydrogen-bond acceptors (Lipinski definition) is 5. The standard InChI is InChI=1S/C22H28N2O4S2/c1-16-8-9-17(14-21(16)30(26,27)24-12-6-4-5-7-13-24)23-22(25)19-11-10-18(29-3)15-20(19)28-2/h8-11,14-15H,4-7,12-13H2,1-3H3,(H,23,25). The lowest BCUT2D eigenvalue weighted by Gasteiger charge is -2.21. The second-order valence-corrected chi connectivity index (χ2v) is 10.1. The maximum absolute atomic E-state index is 13.2. The number of amides is 1. The van der Waals surface area contributed by atoms with E-state index in [9.17, 15) is 13.2 Å². The van der Waals surface area contributed by atoms with Gasteiger partial charge in [-0.1, -0.05) is 18.9 Å². The molecule has 1 heterocycles. The molecular formula is C22H28N2O4S2. The second-order valence-electron chi connectivity index (χ2n) is 7.32. The maximum atomic E-state index is 13.2. The average Bonchev–Trinajstić information content (AvgIpc) is 3.04. The molecule has 1 amide bonds. The number of carbonyl (C=O) groups excluding carboxylic acids is 1. The fourth-order valence-corrected chi connectivity index (χ4v) is 5.76. The smallest absolute Gasteiger partial charge is 0.259 e. The first kappa shape index (κ1) is 22.7. The molecule has 162 valence electrons. The normalized spacial score (nSPS) is 15.4. The van der Waals surface area contributed by atoms with Crippen LogP contribution in [0.4, 0.5) is 5.69 Å². The Kier molecular flexibility index (Phi) is 7.44. The summed E-state index contributed by atoms with van der Waals surface area (Å²) in [6, 6.07) is 10.4. The molecule has 1 N–H and O–H groups in total. The zero-order valence-corrected chi connectivity index (χ0v) is 19.2. The molecule has 2 aromatic rings. The molecule has 1 fully saturated rings. The zero-order chi connectivity index (χ0) is 21.7. The molecule has 1 aliphatic rings. The minimum absolute atomic E-state index is 0.242. The molecule has 8 heteroatoms. The lowest BCUT2D eigenvalue weighted by atomic mass is 10.1. The van der Waals surface area contributed by atoms with Crippen LogP contribution in [0.5, 0.6) is 5.75 Å². The van der Waals surface area contributed by atoms with E-state index in [0.29, 0.717) is 35.7 Å². The van der Waals surface area contributed by atoms with Crippen LogP contribution in [0.1, 0.15) is 41.6 Å². The first-order valence-corrected chi connectivity index (χ1v) is 12.7. The summed E-state index contributed by atoms with van der Waals surface area (Å²) in [5, 5.41) is 2.82. The first-order valence-electron chi connectivity index (χ1n) is 10.0. The van der Waals surface area contributed by atoms with Gasteiger partial charge >= 0.3 is 0 Å². The molecule has 0 bridgehead atoms. The van der Waals surface area contributed by atoms with Crippen LogP contribution < -0.4 is 10.1 Å². The monoisotopic (exact) mass is 448 g/mol. The quantitative estimate of drug-likeness (QED) is 0.657. The van der Waals surface area contributed by atoms with Gasteiger partial charge < -0.3 is 10.1 Å². The third kappa shape index (κ3) is 4.99. The van der Waals surface area contributed by atoms with E-state index in [1.165, 1.54) is 7.11 Å². The molecular weight excluding hydrogens is 420 g/mol. The SMILES string of the molecule is COc1cc(SC)ccc1C(=O)Nc1ccc(C)c(S(=O)(=O)N2CCCCCC2)c1. The predicted molar refractivity (Wildman–Crippen MR) is 121 cm³/mol. The summed E-state index contributed by atoms with van der Waals surface area (Å²) < 4.78 is 33.4. The van der Waals surface area contributed by atoms with Gasteiger partial charge in [-0.25, -0.2) is 8.42 Å².